The van der Waals surface area contributed by atoms with E-state index in [4.69, 9.17) is 5.73 Å². The molecule has 0 aliphatic rings. The van der Waals surface area contributed by atoms with Gasteiger partial charge in [-0.25, -0.2) is 4.39 Å². The molecule has 0 aromatic heterocycles. The topological polar surface area (TPSA) is 26.0 Å². The fourth-order valence-electron chi connectivity index (χ4n) is 0.817. The Morgan fingerprint density at radius 2 is 2.23 bits per heavy atom. The number of anilines is 1. The van der Waals surface area contributed by atoms with Crippen LogP contribution in [0.1, 0.15) is 12.0 Å². The summed E-state index contributed by atoms with van der Waals surface area (Å²) in [7, 11) is 0. The van der Waals surface area contributed by atoms with E-state index in [1.54, 1.807) is 6.07 Å². The monoisotopic (exact) mass is 241 g/mol. The first-order chi connectivity index (χ1) is 6.24. The maximum Gasteiger partial charge on any atom is 0.147 e. The molecule has 0 amide bonds. The average Bonchev–Trinajstić information content (AvgIpc) is 2.12. The van der Waals surface area contributed by atoms with Crippen molar-refractivity contribution in [2.75, 3.05) is 11.1 Å². The molecule has 0 spiro atoms. The zero-order valence-corrected chi connectivity index (χ0v) is 8.57. The van der Waals surface area contributed by atoms with Crippen LogP contribution in [0.4, 0.5) is 10.1 Å². The minimum Gasteiger partial charge on any atom is -0.396 e. The predicted molar refractivity (Wildman–Crippen MR) is 56.1 cm³/mol. The van der Waals surface area contributed by atoms with Crippen LogP contribution in [-0.2, 0) is 0 Å². The summed E-state index contributed by atoms with van der Waals surface area (Å²) in [6, 6.07) is 4.57. The van der Waals surface area contributed by atoms with Gasteiger partial charge in [0, 0.05) is 17.3 Å². The van der Waals surface area contributed by atoms with Crippen LogP contribution in [-0.4, -0.2) is 5.33 Å². The first kappa shape index (κ1) is 10.1. The molecule has 1 aromatic rings. The van der Waals surface area contributed by atoms with Crippen LogP contribution in [0, 0.1) is 17.7 Å². The van der Waals surface area contributed by atoms with Crippen LogP contribution in [0.25, 0.3) is 0 Å². The van der Waals surface area contributed by atoms with Crippen molar-refractivity contribution in [1.29, 1.82) is 0 Å². The molecule has 3 heteroatoms. The van der Waals surface area contributed by atoms with Gasteiger partial charge in [-0.15, -0.1) is 0 Å². The van der Waals surface area contributed by atoms with Crippen LogP contribution in [0.15, 0.2) is 18.2 Å². The predicted octanol–water partition coefficient (Wildman–Crippen LogP) is 2.54. The molecule has 0 saturated carbocycles. The van der Waals surface area contributed by atoms with Crippen LogP contribution < -0.4 is 5.73 Å². The highest BCUT2D eigenvalue weighted by molar-refractivity contribution is 9.09. The van der Waals surface area contributed by atoms with Crippen molar-refractivity contribution in [3.05, 3.63) is 29.6 Å². The van der Waals surface area contributed by atoms with Gasteiger partial charge in [0.25, 0.3) is 0 Å². The van der Waals surface area contributed by atoms with Crippen LogP contribution in [0.2, 0.25) is 0 Å². The lowest BCUT2D eigenvalue weighted by Gasteiger charge is -1.95. The second-order valence-electron chi connectivity index (χ2n) is 2.48. The second-order valence-corrected chi connectivity index (χ2v) is 3.27. The smallest absolute Gasteiger partial charge is 0.147 e. The van der Waals surface area contributed by atoms with E-state index < -0.39 is 5.82 Å². The minimum absolute atomic E-state index is 0.158. The Bertz CT molecular complexity index is 352. The average molecular weight is 242 g/mol. The quantitative estimate of drug-likeness (QED) is 0.457. The second kappa shape index (κ2) is 4.88. The molecule has 0 radical (unpaired) electrons. The summed E-state index contributed by atoms with van der Waals surface area (Å²) in [6.07, 6.45) is 0.756. The number of benzene rings is 1. The number of hydrogen-bond acceptors (Lipinski definition) is 1. The molecule has 0 saturated heterocycles. The summed E-state index contributed by atoms with van der Waals surface area (Å²) >= 11 is 3.25. The van der Waals surface area contributed by atoms with Gasteiger partial charge in [-0.1, -0.05) is 27.8 Å². The molecule has 1 rings (SSSR count). The summed E-state index contributed by atoms with van der Waals surface area (Å²) in [4.78, 5) is 0. The molecule has 68 valence electrons. The molecular weight excluding hydrogens is 233 g/mol. The number of hydrogen-bond donors (Lipinski definition) is 1. The van der Waals surface area contributed by atoms with Gasteiger partial charge < -0.3 is 5.73 Å². The molecule has 1 nitrogen and oxygen atoms in total. The van der Waals surface area contributed by atoms with Crippen LogP contribution in [0.3, 0.4) is 0 Å². The van der Waals surface area contributed by atoms with Gasteiger partial charge >= 0.3 is 0 Å². The zero-order chi connectivity index (χ0) is 9.68. The Kier molecular flexibility index (Phi) is 3.78. The Hall–Kier alpha value is -1.01. The fraction of sp³-hybridized carbons (Fsp3) is 0.200. The highest BCUT2D eigenvalue weighted by Gasteiger charge is 1.96. The van der Waals surface area contributed by atoms with Gasteiger partial charge in [0.15, 0.2) is 0 Å². The normalized spacial score (nSPS) is 9.08. The fourth-order valence-corrected chi connectivity index (χ4v) is 1.01. The van der Waals surface area contributed by atoms with Crippen LogP contribution in [0.5, 0.6) is 0 Å². The molecule has 0 aliphatic carbocycles. The van der Waals surface area contributed by atoms with E-state index in [9.17, 15) is 4.39 Å². The summed E-state index contributed by atoms with van der Waals surface area (Å²) in [5, 5.41) is 0.831. The van der Waals surface area contributed by atoms with Gasteiger partial charge in [0.1, 0.15) is 5.82 Å². The van der Waals surface area contributed by atoms with E-state index in [0.29, 0.717) is 5.56 Å². The van der Waals surface area contributed by atoms with Gasteiger partial charge in [-0.2, -0.15) is 0 Å². The minimum atomic E-state index is -0.411. The van der Waals surface area contributed by atoms with Crippen molar-refractivity contribution < 1.29 is 4.39 Å². The number of nitrogens with two attached hydrogens (primary N) is 1. The van der Waals surface area contributed by atoms with Crippen molar-refractivity contribution in [1.82, 2.24) is 0 Å². The molecule has 0 fully saturated rings. The van der Waals surface area contributed by atoms with E-state index in [1.165, 1.54) is 12.1 Å². The third kappa shape index (κ3) is 3.08. The summed E-state index contributed by atoms with van der Waals surface area (Å²) < 4.78 is 12.9. The van der Waals surface area contributed by atoms with E-state index in [-0.39, 0.29) is 5.69 Å². The molecule has 1 aromatic carbocycles. The van der Waals surface area contributed by atoms with E-state index in [0.717, 1.165) is 11.8 Å². The molecule has 0 heterocycles. The molecule has 0 atom stereocenters. The molecule has 0 bridgehead atoms. The van der Waals surface area contributed by atoms with Gasteiger partial charge in [0.05, 0.1) is 5.69 Å². The van der Waals surface area contributed by atoms with Gasteiger partial charge in [-0.3, -0.25) is 0 Å². The lowest BCUT2D eigenvalue weighted by Crippen LogP contribution is -1.90. The van der Waals surface area contributed by atoms with Crippen molar-refractivity contribution in [3.63, 3.8) is 0 Å². The van der Waals surface area contributed by atoms with Crippen molar-refractivity contribution >= 4 is 21.6 Å². The standard InChI is InChI=1S/C10H9BrFN/c11-6-2-1-3-8-4-5-10(13)9(12)7-8/h4-5,7H,2,6,13H2. The Labute approximate surface area is 85.3 Å². The zero-order valence-electron chi connectivity index (χ0n) is 6.98. The maximum absolute atomic E-state index is 12.9. The molecular formula is C10H9BrFN. The SMILES string of the molecule is Nc1ccc(C#CCCBr)cc1F. The van der Waals surface area contributed by atoms with Crippen LogP contribution >= 0.6 is 15.9 Å². The van der Waals surface area contributed by atoms with Crippen molar-refractivity contribution in [2.24, 2.45) is 0 Å². The van der Waals surface area contributed by atoms with Crippen molar-refractivity contribution in [2.45, 2.75) is 6.42 Å². The van der Waals surface area contributed by atoms with Crippen molar-refractivity contribution in [3.8, 4) is 11.8 Å². The highest BCUT2D eigenvalue weighted by Crippen LogP contribution is 2.10. The highest BCUT2D eigenvalue weighted by atomic mass is 79.9. The largest absolute Gasteiger partial charge is 0.396 e. The molecule has 0 aliphatic heterocycles. The summed E-state index contributed by atoms with van der Waals surface area (Å²) in [5.74, 6) is 5.32. The van der Waals surface area contributed by atoms with E-state index >= 15 is 0 Å². The number of nitrogen functional groups attached to an aromatic ring is 1. The molecule has 13 heavy (non-hydrogen) atoms. The number of alkyl halides is 1. The first-order valence-electron chi connectivity index (χ1n) is 3.84. The Morgan fingerprint density at radius 1 is 1.46 bits per heavy atom. The first-order valence-corrected chi connectivity index (χ1v) is 4.96. The Balaban J connectivity index is 2.81. The number of halogens is 2. The maximum atomic E-state index is 12.9. The third-order valence-electron chi connectivity index (χ3n) is 1.45. The third-order valence-corrected chi connectivity index (χ3v) is 1.85. The van der Waals surface area contributed by atoms with E-state index in [2.05, 4.69) is 27.8 Å². The summed E-state index contributed by atoms with van der Waals surface area (Å²) in [5.41, 5.74) is 6.13. The molecule has 2 N–H and O–H groups in total. The number of rotatable bonds is 1. The van der Waals surface area contributed by atoms with Gasteiger partial charge in [-0.05, 0) is 18.2 Å². The lowest BCUT2D eigenvalue weighted by atomic mass is 10.2. The Morgan fingerprint density at radius 3 is 2.85 bits per heavy atom. The van der Waals surface area contributed by atoms with E-state index in [1.807, 2.05) is 0 Å². The molecule has 0 unspecified atom stereocenters. The summed E-state index contributed by atoms with van der Waals surface area (Å²) in [6.45, 7) is 0. The lowest BCUT2D eigenvalue weighted by molar-refractivity contribution is 0.632. The van der Waals surface area contributed by atoms with Gasteiger partial charge in [0.2, 0.25) is 0 Å².